The van der Waals surface area contributed by atoms with Crippen LogP contribution in [-0.4, -0.2) is 12.5 Å². The quantitative estimate of drug-likeness (QED) is 0.714. The second kappa shape index (κ2) is 5.51. The van der Waals surface area contributed by atoms with Crippen LogP contribution in [0.2, 0.25) is 0 Å². The molecular formula is C12H18N2O. The molecule has 0 radical (unpaired) electrons. The monoisotopic (exact) mass is 206 g/mol. The van der Waals surface area contributed by atoms with Gasteiger partial charge in [-0.3, -0.25) is 4.79 Å². The van der Waals surface area contributed by atoms with Crippen LogP contribution in [0.1, 0.15) is 34.3 Å². The number of benzene rings is 1. The summed E-state index contributed by atoms with van der Waals surface area (Å²) in [5.41, 5.74) is 13.5. The third-order valence-corrected chi connectivity index (χ3v) is 2.34. The molecule has 0 atom stereocenters. The Labute approximate surface area is 90.5 Å². The Morgan fingerprint density at radius 1 is 1.27 bits per heavy atom. The fraction of sp³-hybridized carbons (Fsp3) is 0.417. The molecule has 0 bridgehead atoms. The molecule has 0 unspecified atom stereocenters. The Kier molecular flexibility index (Phi) is 4.31. The van der Waals surface area contributed by atoms with E-state index in [2.05, 4.69) is 6.07 Å². The summed E-state index contributed by atoms with van der Waals surface area (Å²) in [4.78, 5) is 11.0. The van der Waals surface area contributed by atoms with Gasteiger partial charge in [-0.15, -0.1) is 0 Å². The first-order chi connectivity index (χ1) is 7.13. The molecule has 82 valence electrons. The van der Waals surface area contributed by atoms with Crippen LogP contribution >= 0.6 is 0 Å². The summed E-state index contributed by atoms with van der Waals surface area (Å²) in [5, 5.41) is 0. The largest absolute Gasteiger partial charge is 0.366 e. The molecule has 1 rings (SSSR count). The zero-order chi connectivity index (χ0) is 11.3. The summed E-state index contributed by atoms with van der Waals surface area (Å²) in [6.07, 6.45) is 3.02. The van der Waals surface area contributed by atoms with E-state index in [0.29, 0.717) is 12.1 Å². The highest BCUT2D eigenvalue weighted by molar-refractivity contribution is 5.93. The minimum absolute atomic E-state index is 0.362. The van der Waals surface area contributed by atoms with Crippen molar-refractivity contribution in [1.29, 1.82) is 0 Å². The van der Waals surface area contributed by atoms with E-state index in [-0.39, 0.29) is 5.91 Å². The number of hydrogen-bond donors (Lipinski definition) is 2. The van der Waals surface area contributed by atoms with Crippen molar-refractivity contribution in [1.82, 2.24) is 0 Å². The van der Waals surface area contributed by atoms with E-state index in [1.165, 1.54) is 0 Å². The normalized spacial score (nSPS) is 10.3. The Hall–Kier alpha value is -1.35. The molecule has 0 heterocycles. The lowest BCUT2D eigenvalue weighted by atomic mass is 10.0. The molecule has 0 saturated heterocycles. The molecule has 0 fully saturated rings. The molecule has 0 aliphatic heterocycles. The zero-order valence-corrected chi connectivity index (χ0v) is 9.12. The van der Waals surface area contributed by atoms with Crippen molar-refractivity contribution in [2.75, 3.05) is 6.54 Å². The molecule has 3 heteroatoms. The molecule has 0 aliphatic rings. The first kappa shape index (κ1) is 11.7. The van der Waals surface area contributed by atoms with E-state index in [4.69, 9.17) is 11.5 Å². The van der Waals surface area contributed by atoms with Crippen molar-refractivity contribution in [2.24, 2.45) is 11.5 Å². The van der Waals surface area contributed by atoms with Gasteiger partial charge in [0.1, 0.15) is 0 Å². The summed E-state index contributed by atoms with van der Waals surface area (Å²) < 4.78 is 0. The third-order valence-electron chi connectivity index (χ3n) is 2.34. The minimum Gasteiger partial charge on any atom is -0.366 e. The predicted octanol–water partition coefficient (Wildman–Crippen LogP) is 1.38. The highest BCUT2D eigenvalue weighted by Gasteiger charge is 2.03. The van der Waals surface area contributed by atoms with Gasteiger partial charge in [-0.2, -0.15) is 0 Å². The molecule has 0 aliphatic carbocycles. The molecule has 1 aromatic rings. The molecule has 1 aromatic carbocycles. The minimum atomic E-state index is -0.362. The number of carbonyl (C=O) groups is 1. The third kappa shape index (κ3) is 3.72. The molecule has 3 nitrogen and oxygen atoms in total. The number of nitrogens with two attached hydrogens (primary N) is 2. The van der Waals surface area contributed by atoms with Gasteiger partial charge in [0.15, 0.2) is 0 Å². The van der Waals surface area contributed by atoms with Crippen LogP contribution in [0.25, 0.3) is 0 Å². The van der Waals surface area contributed by atoms with E-state index >= 15 is 0 Å². The lowest BCUT2D eigenvalue weighted by Gasteiger charge is -2.05. The zero-order valence-electron chi connectivity index (χ0n) is 9.12. The van der Waals surface area contributed by atoms with Gasteiger partial charge in [-0.05, 0) is 50.4 Å². The smallest absolute Gasteiger partial charge is 0.248 e. The van der Waals surface area contributed by atoms with E-state index in [0.717, 1.165) is 30.4 Å². The van der Waals surface area contributed by atoms with Crippen LogP contribution in [0.4, 0.5) is 0 Å². The predicted molar refractivity (Wildman–Crippen MR) is 61.7 cm³/mol. The lowest BCUT2D eigenvalue weighted by molar-refractivity contribution is 0.1000. The Balaban J connectivity index is 2.75. The van der Waals surface area contributed by atoms with Gasteiger partial charge in [-0.25, -0.2) is 0 Å². The molecule has 0 saturated carbocycles. The number of unbranched alkanes of at least 4 members (excludes halogenated alkanes) is 1. The summed E-state index contributed by atoms with van der Waals surface area (Å²) in [5.74, 6) is -0.362. The number of primary amides is 1. The van der Waals surface area contributed by atoms with Crippen molar-refractivity contribution in [3.05, 3.63) is 34.9 Å². The van der Waals surface area contributed by atoms with Crippen molar-refractivity contribution >= 4 is 5.91 Å². The average molecular weight is 206 g/mol. The van der Waals surface area contributed by atoms with Gasteiger partial charge in [-0.1, -0.05) is 11.6 Å². The fourth-order valence-corrected chi connectivity index (χ4v) is 1.62. The standard InChI is InChI=1S/C12H18N2O/c1-9-6-10(4-2-3-5-13)8-11(7-9)12(14)15/h6-8H,2-5,13H2,1H3,(H2,14,15). The Bertz CT molecular complexity index is 347. The van der Waals surface area contributed by atoms with Crippen LogP contribution in [-0.2, 0) is 6.42 Å². The van der Waals surface area contributed by atoms with Gasteiger partial charge in [0.2, 0.25) is 5.91 Å². The van der Waals surface area contributed by atoms with E-state index in [1.807, 2.05) is 19.1 Å². The van der Waals surface area contributed by atoms with Crippen LogP contribution < -0.4 is 11.5 Å². The van der Waals surface area contributed by atoms with Crippen LogP contribution in [0.15, 0.2) is 18.2 Å². The van der Waals surface area contributed by atoms with Crippen LogP contribution in [0, 0.1) is 6.92 Å². The topological polar surface area (TPSA) is 69.1 Å². The molecule has 1 amide bonds. The van der Waals surface area contributed by atoms with Crippen LogP contribution in [0.3, 0.4) is 0 Å². The Morgan fingerprint density at radius 3 is 2.60 bits per heavy atom. The van der Waals surface area contributed by atoms with E-state index in [9.17, 15) is 4.79 Å². The highest BCUT2D eigenvalue weighted by Crippen LogP contribution is 2.11. The number of hydrogen-bond acceptors (Lipinski definition) is 2. The average Bonchev–Trinajstić information content (AvgIpc) is 2.17. The molecular weight excluding hydrogens is 188 g/mol. The maximum absolute atomic E-state index is 11.0. The number of rotatable bonds is 5. The molecule has 0 aromatic heterocycles. The first-order valence-corrected chi connectivity index (χ1v) is 5.24. The van der Waals surface area contributed by atoms with Gasteiger partial charge in [0.05, 0.1) is 0 Å². The summed E-state index contributed by atoms with van der Waals surface area (Å²) in [6, 6.07) is 5.77. The van der Waals surface area contributed by atoms with E-state index in [1.54, 1.807) is 0 Å². The van der Waals surface area contributed by atoms with Crippen molar-refractivity contribution in [3.8, 4) is 0 Å². The van der Waals surface area contributed by atoms with Crippen LogP contribution in [0.5, 0.6) is 0 Å². The summed E-state index contributed by atoms with van der Waals surface area (Å²) in [7, 11) is 0. The first-order valence-electron chi connectivity index (χ1n) is 5.24. The van der Waals surface area contributed by atoms with Gasteiger partial charge in [0.25, 0.3) is 0 Å². The van der Waals surface area contributed by atoms with E-state index < -0.39 is 0 Å². The summed E-state index contributed by atoms with van der Waals surface area (Å²) in [6.45, 7) is 2.69. The van der Waals surface area contributed by atoms with Gasteiger partial charge in [0, 0.05) is 5.56 Å². The SMILES string of the molecule is Cc1cc(CCCCN)cc(C(N)=O)c1. The Morgan fingerprint density at radius 2 is 2.00 bits per heavy atom. The van der Waals surface area contributed by atoms with Crippen molar-refractivity contribution in [3.63, 3.8) is 0 Å². The van der Waals surface area contributed by atoms with Gasteiger partial charge >= 0.3 is 0 Å². The number of amides is 1. The number of aryl methyl sites for hydroxylation is 2. The molecule has 0 spiro atoms. The molecule has 15 heavy (non-hydrogen) atoms. The molecule has 4 N–H and O–H groups in total. The van der Waals surface area contributed by atoms with Crippen molar-refractivity contribution in [2.45, 2.75) is 26.2 Å². The maximum atomic E-state index is 11.0. The second-order valence-corrected chi connectivity index (χ2v) is 3.82. The van der Waals surface area contributed by atoms with Crippen molar-refractivity contribution < 1.29 is 4.79 Å². The number of carbonyl (C=O) groups excluding carboxylic acids is 1. The lowest BCUT2D eigenvalue weighted by Crippen LogP contribution is -2.11. The van der Waals surface area contributed by atoms with Gasteiger partial charge < -0.3 is 11.5 Å². The summed E-state index contributed by atoms with van der Waals surface area (Å²) >= 11 is 0. The fourth-order valence-electron chi connectivity index (χ4n) is 1.62. The second-order valence-electron chi connectivity index (χ2n) is 3.82. The highest BCUT2D eigenvalue weighted by atomic mass is 16.1. The maximum Gasteiger partial charge on any atom is 0.248 e.